The summed E-state index contributed by atoms with van der Waals surface area (Å²) in [7, 11) is 3.25. The maximum absolute atomic E-state index is 14.1. The molecule has 4 N–H and O–H groups in total. The Bertz CT molecular complexity index is 785. The number of hydrogen-bond acceptors (Lipinski definition) is 8. The summed E-state index contributed by atoms with van der Waals surface area (Å²) >= 11 is 0. The minimum Gasteiger partial charge on any atom is -0.388 e. The van der Waals surface area contributed by atoms with Crippen LogP contribution in [0.15, 0.2) is 0 Å². The molecule has 0 aromatic carbocycles. The van der Waals surface area contributed by atoms with Gasteiger partial charge in [-0.25, -0.2) is 0 Å². The molecule has 0 aromatic heterocycles. The van der Waals surface area contributed by atoms with Gasteiger partial charge in [0.25, 0.3) is 0 Å². The molecule has 0 spiro atoms. The number of rotatable bonds is 12. The molecule has 13 heteroatoms. The molecule has 0 aliphatic carbocycles. The van der Waals surface area contributed by atoms with Gasteiger partial charge in [-0.05, 0) is 53.4 Å². The Morgan fingerprint density at radius 3 is 1.76 bits per heavy atom. The molecule has 0 bridgehead atoms. The van der Waals surface area contributed by atoms with Crippen molar-refractivity contribution in [2.45, 2.75) is 127 Å². The van der Waals surface area contributed by atoms with Crippen LogP contribution in [-0.2, 0) is 22.9 Å². The number of aliphatic hydroxyl groups excluding tert-OH is 2. The third-order valence-corrected chi connectivity index (χ3v) is 12.8. The summed E-state index contributed by atoms with van der Waals surface area (Å²) in [6, 6.07) is -1.16. The smallest absolute Gasteiger partial charge is 0.359 e. The second-order valence-electron chi connectivity index (χ2n) is 9.75. The maximum Gasteiger partial charge on any atom is 0.359 e. The van der Waals surface area contributed by atoms with Crippen LogP contribution in [0.25, 0.3) is 0 Å². The minimum absolute atomic E-state index is 0.0480. The van der Waals surface area contributed by atoms with E-state index < -0.39 is 60.9 Å². The molecule has 0 amide bonds. The average molecular weight is 508 g/mol. The fourth-order valence-corrected chi connectivity index (χ4v) is 7.88. The quantitative estimate of drug-likeness (QED) is 0.231. The van der Waals surface area contributed by atoms with E-state index in [1.54, 1.807) is 41.5 Å². The van der Waals surface area contributed by atoms with Crippen molar-refractivity contribution in [1.82, 2.24) is 0 Å². The molecule has 7 unspecified atom stereocenters. The molecule has 9 nitrogen and oxygen atoms in total. The largest absolute Gasteiger partial charge is 0.388 e. The molecule has 0 saturated carbocycles. The van der Waals surface area contributed by atoms with Gasteiger partial charge in [-0.1, -0.05) is 27.7 Å². The average Bonchev–Trinajstić information content (AvgIpc) is 2.99. The lowest BCUT2D eigenvalue weighted by Crippen LogP contribution is -2.54. The van der Waals surface area contributed by atoms with Gasteiger partial charge >= 0.3 is 7.60 Å². The van der Waals surface area contributed by atoms with E-state index in [9.17, 15) is 29.3 Å². The zero-order valence-corrected chi connectivity index (χ0v) is 22.8. The second-order valence-corrected chi connectivity index (χ2v) is 14.3. The van der Waals surface area contributed by atoms with Gasteiger partial charge in [-0.2, -0.15) is 0 Å². The third-order valence-electron chi connectivity index (χ3n) is 7.74. The van der Waals surface area contributed by atoms with Crippen molar-refractivity contribution in [3.05, 3.63) is 0 Å². The van der Waals surface area contributed by atoms with Gasteiger partial charge < -0.3 is 34.0 Å². The molecule has 190 valence electrons. The van der Waals surface area contributed by atoms with E-state index in [0.29, 0.717) is 0 Å². The van der Waals surface area contributed by atoms with Crippen LogP contribution in [0.2, 0.25) is 0 Å². The molecule has 33 heavy (non-hydrogen) atoms. The standard InChI is InChI=1S/C20H40B2O9P2/c1-9-17(5,15-13(23)14(24)16(21)29-15)30-32(22,26)19(7,11-3)18(6,10-2)31-33(27,28)20(8,25)12-4/h13-16,23-25H,9-12H2,1-8H3,(H,27,28)/t13-,14+,15?,16+,17?,18?,19?,20?,32?/m0/s1. The zero-order valence-electron chi connectivity index (χ0n) is 21.0. The number of aliphatic hydroxyl groups is 3. The number of ether oxygens (including phenoxy) is 1. The normalized spacial score (nSPS) is 34.8. The summed E-state index contributed by atoms with van der Waals surface area (Å²) in [5, 5.41) is 27.4. The fraction of sp³-hybridized carbons (Fsp3) is 1.00. The second kappa shape index (κ2) is 10.4. The van der Waals surface area contributed by atoms with Gasteiger partial charge in [0, 0.05) is 6.00 Å². The first kappa shape index (κ1) is 31.3. The predicted octanol–water partition coefficient (Wildman–Crippen LogP) is 2.81. The Balaban J connectivity index is 3.47. The summed E-state index contributed by atoms with van der Waals surface area (Å²) in [4.78, 5) is 10.6. The first-order chi connectivity index (χ1) is 14.7. The van der Waals surface area contributed by atoms with Gasteiger partial charge in [-0.3, -0.25) is 9.09 Å². The molecule has 1 fully saturated rings. The van der Waals surface area contributed by atoms with Crippen LogP contribution in [0.1, 0.15) is 81.1 Å². The van der Waals surface area contributed by atoms with E-state index in [-0.39, 0.29) is 25.7 Å². The Labute approximate surface area is 200 Å². The highest BCUT2D eigenvalue weighted by molar-refractivity contribution is 7.84. The third kappa shape index (κ3) is 5.52. The maximum atomic E-state index is 14.1. The molecule has 10 atom stereocenters. The van der Waals surface area contributed by atoms with Crippen molar-refractivity contribution in [3.8, 4) is 0 Å². The molecular formula is C20H40B2O9P2. The van der Waals surface area contributed by atoms with Crippen molar-refractivity contribution in [2.75, 3.05) is 0 Å². The molecular weight excluding hydrogens is 468 g/mol. The predicted molar refractivity (Wildman–Crippen MR) is 129 cm³/mol. The van der Waals surface area contributed by atoms with Crippen molar-refractivity contribution in [1.29, 1.82) is 0 Å². The topological polar surface area (TPSA) is 143 Å². The van der Waals surface area contributed by atoms with E-state index >= 15 is 0 Å². The first-order valence-electron chi connectivity index (χ1n) is 11.4. The molecule has 1 saturated heterocycles. The lowest BCUT2D eigenvalue weighted by Gasteiger charge is -2.52. The summed E-state index contributed by atoms with van der Waals surface area (Å²) < 4.78 is 44.3. The molecule has 1 aliphatic rings. The molecule has 1 rings (SSSR count). The number of hydrogen-bond donors (Lipinski definition) is 4. The first-order valence-corrected chi connectivity index (χ1v) is 14.6. The van der Waals surface area contributed by atoms with Crippen LogP contribution in [-0.4, -0.2) is 81.6 Å². The highest BCUT2D eigenvalue weighted by Crippen LogP contribution is 2.69. The lowest BCUT2D eigenvalue weighted by molar-refractivity contribution is -0.100. The van der Waals surface area contributed by atoms with Crippen molar-refractivity contribution in [2.24, 2.45) is 0 Å². The van der Waals surface area contributed by atoms with Crippen LogP contribution in [0, 0.1) is 0 Å². The Morgan fingerprint density at radius 1 is 0.909 bits per heavy atom. The van der Waals surface area contributed by atoms with Crippen LogP contribution < -0.4 is 0 Å². The van der Waals surface area contributed by atoms with E-state index in [1.807, 2.05) is 0 Å². The van der Waals surface area contributed by atoms with Crippen molar-refractivity contribution in [3.63, 3.8) is 0 Å². The highest BCUT2D eigenvalue weighted by atomic mass is 31.2. The van der Waals surface area contributed by atoms with Gasteiger partial charge in [0.1, 0.15) is 25.7 Å². The summed E-state index contributed by atoms with van der Waals surface area (Å²) in [6.45, 7) is 12.4. The van der Waals surface area contributed by atoms with Crippen LogP contribution in [0.4, 0.5) is 0 Å². The summed E-state index contributed by atoms with van der Waals surface area (Å²) in [5.41, 5.74) is -2.96. The molecule has 1 heterocycles. The van der Waals surface area contributed by atoms with E-state index in [1.165, 1.54) is 13.8 Å². The van der Waals surface area contributed by atoms with Gasteiger partial charge in [0.2, 0.25) is 7.57 Å². The lowest BCUT2D eigenvalue weighted by atomic mass is 9.85. The minimum atomic E-state index is -4.61. The van der Waals surface area contributed by atoms with Gasteiger partial charge in [0.05, 0.1) is 16.9 Å². The van der Waals surface area contributed by atoms with E-state index in [0.717, 1.165) is 0 Å². The molecule has 4 radical (unpaired) electrons. The Kier molecular flexibility index (Phi) is 9.83. The Morgan fingerprint density at radius 2 is 1.42 bits per heavy atom. The van der Waals surface area contributed by atoms with Crippen LogP contribution in [0.5, 0.6) is 0 Å². The van der Waals surface area contributed by atoms with Gasteiger partial charge in [-0.15, -0.1) is 0 Å². The fourth-order valence-electron chi connectivity index (χ4n) is 3.98. The molecule has 0 aromatic rings. The summed E-state index contributed by atoms with van der Waals surface area (Å²) in [6.07, 6.45) is -3.47. The monoisotopic (exact) mass is 508 g/mol. The zero-order chi connectivity index (χ0) is 26.3. The summed E-state index contributed by atoms with van der Waals surface area (Å²) in [5.74, 6) is 0. The van der Waals surface area contributed by atoms with E-state index in [4.69, 9.17) is 29.2 Å². The van der Waals surface area contributed by atoms with Gasteiger partial charge in [0.15, 0.2) is 12.6 Å². The van der Waals surface area contributed by atoms with E-state index in [2.05, 4.69) is 0 Å². The van der Waals surface area contributed by atoms with Crippen LogP contribution >= 0.6 is 14.8 Å². The van der Waals surface area contributed by atoms with Crippen molar-refractivity contribution >= 4 is 30.3 Å². The molecule has 1 aliphatic heterocycles. The SMILES string of the molecule is [B][C@@H]1OC(C(C)(CC)OP([B])(=O)C(C)(CC)C(C)(CC)OP(=O)(O)C(C)(O)CC)[C@@H](O)[C@H]1O. The van der Waals surface area contributed by atoms with Crippen molar-refractivity contribution < 1.29 is 43.1 Å². The van der Waals surface area contributed by atoms with Crippen LogP contribution in [0.3, 0.4) is 0 Å². The Hall–Kier alpha value is 0.310. The highest BCUT2D eigenvalue weighted by Gasteiger charge is 2.60.